The first kappa shape index (κ1) is 16.0. The largest absolute Gasteiger partial charge is 0.347 e. The van der Waals surface area contributed by atoms with E-state index in [4.69, 9.17) is 0 Å². The van der Waals surface area contributed by atoms with E-state index in [-0.39, 0.29) is 11.7 Å². The van der Waals surface area contributed by atoms with Crippen molar-refractivity contribution in [1.82, 2.24) is 9.88 Å². The van der Waals surface area contributed by atoms with Crippen molar-refractivity contribution in [3.63, 3.8) is 0 Å². The molecule has 23 heavy (non-hydrogen) atoms. The maximum atomic E-state index is 14.0. The predicted octanol–water partition coefficient (Wildman–Crippen LogP) is 4.57. The molecule has 0 saturated carbocycles. The standard InChI is InChI=1S/C17H14BrFN2OS/c1-2-7-20-17(22)14-8-15-16(12(18)10-23-15)21(14)9-11-5-3-4-6-13(11)19/h2-6,8,10H,1,7,9H2,(H,20,22). The molecule has 0 unspecified atom stereocenters. The van der Waals surface area contributed by atoms with Crippen molar-refractivity contribution >= 4 is 43.4 Å². The Balaban J connectivity index is 2.08. The summed E-state index contributed by atoms with van der Waals surface area (Å²) in [5, 5.41) is 4.74. The van der Waals surface area contributed by atoms with E-state index in [2.05, 4.69) is 27.8 Å². The van der Waals surface area contributed by atoms with Crippen LogP contribution in [0.3, 0.4) is 0 Å². The number of benzene rings is 1. The number of nitrogens with one attached hydrogen (secondary N) is 1. The van der Waals surface area contributed by atoms with Gasteiger partial charge < -0.3 is 9.88 Å². The fourth-order valence-corrected chi connectivity index (χ4v) is 4.13. The van der Waals surface area contributed by atoms with Crippen molar-refractivity contribution in [2.45, 2.75) is 6.54 Å². The lowest BCUT2D eigenvalue weighted by Crippen LogP contribution is -2.26. The molecule has 0 bridgehead atoms. The van der Waals surface area contributed by atoms with Gasteiger partial charge >= 0.3 is 0 Å². The molecule has 0 atom stereocenters. The van der Waals surface area contributed by atoms with Gasteiger partial charge in [0.25, 0.3) is 5.91 Å². The number of hydrogen-bond acceptors (Lipinski definition) is 2. The van der Waals surface area contributed by atoms with E-state index in [1.54, 1.807) is 35.6 Å². The van der Waals surface area contributed by atoms with Crippen molar-refractivity contribution in [3.05, 3.63) is 69.9 Å². The molecule has 0 spiro atoms. The van der Waals surface area contributed by atoms with Crippen LogP contribution in [0.2, 0.25) is 0 Å². The molecule has 118 valence electrons. The number of rotatable bonds is 5. The third-order valence-electron chi connectivity index (χ3n) is 3.50. The molecule has 3 nitrogen and oxygen atoms in total. The maximum Gasteiger partial charge on any atom is 0.268 e. The molecule has 1 aromatic carbocycles. The van der Waals surface area contributed by atoms with Crippen LogP contribution in [0, 0.1) is 5.82 Å². The lowest BCUT2D eigenvalue weighted by molar-refractivity contribution is 0.0949. The molecule has 0 aliphatic carbocycles. The van der Waals surface area contributed by atoms with Crippen LogP contribution >= 0.6 is 27.3 Å². The molecule has 0 saturated heterocycles. The Kier molecular flexibility index (Phi) is 4.63. The van der Waals surface area contributed by atoms with Crippen LogP contribution in [-0.4, -0.2) is 17.0 Å². The summed E-state index contributed by atoms with van der Waals surface area (Å²) in [5.41, 5.74) is 1.96. The minimum absolute atomic E-state index is 0.198. The van der Waals surface area contributed by atoms with Crippen molar-refractivity contribution in [1.29, 1.82) is 0 Å². The number of thiophene rings is 1. The molecule has 2 aromatic heterocycles. The Hall–Kier alpha value is -1.92. The molecule has 3 rings (SSSR count). The van der Waals surface area contributed by atoms with E-state index < -0.39 is 0 Å². The van der Waals surface area contributed by atoms with Crippen molar-refractivity contribution < 1.29 is 9.18 Å². The van der Waals surface area contributed by atoms with Gasteiger partial charge in [-0.05, 0) is 28.1 Å². The van der Waals surface area contributed by atoms with Crippen LogP contribution in [0.5, 0.6) is 0 Å². The SMILES string of the molecule is C=CCNC(=O)c1cc2scc(Br)c2n1Cc1ccccc1F. The summed E-state index contributed by atoms with van der Waals surface area (Å²) in [7, 11) is 0. The quantitative estimate of drug-likeness (QED) is 0.634. The third kappa shape index (κ3) is 3.09. The second-order valence-corrected chi connectivity index (χ2v) is 6.77. The average Bonchev–Trinajstić information content (AvgIpc) is 3.08. The van der Waals surface area contributed by atoms with Gasteiger partial charge in [0.05, 0.1) is 21.2 Å². The van der Waals surface area contributed by atoms with E-state index in [1.807, 2.05) is 16.0 Å². The Labute approximate surface area is 145 Å². The molecule has 2 heterocycles. The highest BCUT2D eigenvalue weighted by Gasteiger charge is 2.19. The van der Waals surface area contributed by atoms with Gasteiger partial charge in [-0.1, -0.05) is 24.3 Å². The first-order valence-corrected chi connectivity index (χ1v) is 8.67. The molecule has 0 radical (unpaired) electrons. The Bertz CT molecular complexity index is 884. The molecule has 0 fully saturated rings. The van der Waals surface area contributed by atoms with Gasteiger partial charge in [-0.15, -0.1) is 17.9 Å². The summed E-state index contributed by atoms with van der Waals surface area (Å²) < 4.78 is 17.7. The van der Waals surface area contributed by atoms with Crippen molar-refractivity contribution in [3.8, 4) is 0 Å². The Morgan fingerprint density at radius 1 is 1.43 bits per heavy atom. The number of carbonyl (C=O) groups is 1. The fraction of sp³-hybridized carbons (Fsp3) is 0.118. The smallest absolute Gasteiger partial charge is 0.268 e. The van der Waals surface area contributed by atoms with Crippen LogP contribution in [0.1, 0.15) is 16.1 Å². The highest BCUT2D eigenvalue weighted by Crippen LogP contribution is 2.34. The van der Waals surface area contributed by atoms with Crippen LogP contribution in [-0.2, 0) is 6.54 Å². The van der Waals surface area contributed by atoms with E-state index in [9.17, 15) is 9.18 Å². The van der Waals surface area contributed by atoms with Gasteiger partial charge in [0.1, 0.15) is 11.5 Å². The number of carbonyl (C=O) groups excluding carboxylic acids is 1. The lowest BCUT2D eigenvalue weighted by Gasteiger charge is -2.11. The van der Waals surface area contributed by atoms with Crippen LogP contribution in [0.25, 0.3) is 10.2 Å². The Morgan fingerprint density at radius 3 is 2.96 bits per heavy atom. The molecule has 6 heteroatoms. The summed E-state index contributed by atoms with van der Waals surface area (Å²) in [4.78, 5) is 12.4. The second kappa shape index (κ2) is 6.68. The van der Waals surface area contributed by atoms with Crippen LogP contribution in [0.15, 0.2) is 52.8 Å². The van der Waals surface area contributed by atoms with E-state index in [0.717, 1.165) is 14.7 Å². The van der Waals surface area contributed by atoms with Gasteiger partial charge in [0, 0.05) is 17.5 Å². The first-order valence-electron chi connectivity index (χ1n) is 7.00. The van der Waals surface area contributed by atoms with E-state index >= 15 is 0 Å². The summed E-state index contributed by atoms with van der Waals surface area (Å²) in [6, 6.07) is 8.44. The fourth-order valence-electron chi connectivity index (χ4n) is 2.44. The van der Waals surface area contributed by atoms with E-state index in [1.165, 1.54) is 6.07 Å². The number of amides is 1. The lowest BCUT2D eigenvalue weighted by atomic mass is 10.2. The highest BCUT2D eigenvalue weighted by molar-refractivity contribution is 9.10. The number of halogens is 2. The minimum atomic E-state index is -0.279. The zero-order valence-electron chi connectivity index (χ0n) is 12.2. The minimum Gasteiger partial charge on any atom is -0.347 e. The van der Waals surface area contributed by atoms with Gasteiger partial charge in [-0.2, -0.15) is 0 Å². The molecule has 0 aliphatic rings. The van der Waals surface area contributed by atoms with Crippen LogP contribution in [0.4, 0.5) is 4.39 Å². The summed E-state index contributed by atoms with van der Waals surface area (Å²) >= 11 is 5.06. The normalized spacial score (nSPS) is 10.9. The zero-order valence-corrected chi connectivity index (χ0v) is 14.6. The van der Waals surface area contributed by atoms with Gasteiger partial charge in [0.2, 0.25) is 0 Å². The van der Waals surface area contributed by atoms with Gasteiger partial charge in [-0.25, -0.2) is 4.39 Å². The topological polar surface area (TPSA) is 34.0 Å². The predicted molar refractivity (Wildman–Crippen MR) is 95.5 cm³/mol. The van der Waals surface area contributed by atoms with Gasteiger partial charge in [0.15, 0.2) is 0 Å². The zero-order chi connectivity index (χ0) is 16.4. The maximum absolute atomic E-state index is 14.0. The molecular formula is C17H14BrFN2OS. The molecule has 3 aromatic rings. The average molecular weight is 393 g/mol. The molecular weight excluding hydrogens is 379 g/mol. The number of fused-ring (bicyclic) bond motifs is 1. The molecule has 0 aliphatic heterocycles. The number of aromatic nitrogens is 1. The number of nitrogens with zero attached hydrogens (tertiary/aromatic N) is 1. The van der Waals surface area contributed by atoms with E-state index in [0.29, 0.717) is 24.3 Å². The Morgan fingerprint density at radius 2 is 2.22 bits per heavy atom. The third-order valence-corrected chi connectivity index (χ3v) is 5.33. The first-order chi connectivity index (χ1) is 11.1. The molecule has 1 amide bonds. The van der Waals surface area contributed by atoms with Crippen LogP contribution < -0.4 is 5.32 Å². The summed E-state index contributed by atoms with van der Waals surface area (Å²) in [6.07, 6.45) is 1.63. The van der Waals surface area contributed by atoms with Crippen molar-refractivity contribution in [2.75, 3.05) is 6.54 Å². The molecule has 1 N–H and O–H groups in total. The second-order valence-electron chi connectivity index (χ2n) is 5.00. The summed E-state index contributed by atoms with van der Waals surface area (Å²) in [6.45, 7) is 4.28. The van der Waals surface area contributed by atoms with Gasteiger partial charge in [-0.3, -0.25) is 4.79 Å². The van der Waals surface area contributed by atoms with Crippen molar-refractivity contribution in [2.24, 2.45) is 0 Å². The number of hydrogen-bond donors (Lipinski definition) is 1. The highest BCUT2D eigenvalue weighted by atomic mass is 79.9. The summed E-state index contributed by atoms with van der Waals surface area (Å²) in [5.74, 6) is -0.477. The monoisotopic (exact) mass is 392 g/mol.